The van der Waals surface area contributed by atoms with Crippen molar-refractivity contribution in [2.45, 2.75) is 26.4 Å². The number of fused-ring (bicyclic) bond motifs is 1. The predicted octanol–water partition coefficient (Wildman–Crippen LogP) is 4.21. The first-order valence-corrected chi connectivity index (χ1v) is 11.5. The van der Waals surface area contributed by atoms with Gasteiger partial charge in [-0.3, -0.25) is 19.2 Å². The molecule has 1 atom stereocenters. The quantitative estimate of drug-likeness (QED) is 0.430. The summed E-state index contributed by atoms with van der Waals surface area (Å²) in [6.07, 6.45) is 2.84. The van der Waals surface area contributed by atoms with E-state index in [2.05, 4.69) is 0 Å². The Morgan fingerprint density at radius 3 is 2.66 bits per heavy atom. The molecule has 2 aromatic carbocycles. The maximum Gasteiger partial charge on any atom is 0.296 e. The van der Waals surface area contributed by atoms with Gasteiger partial charge >= 0.3 is 0 Å². The van der Waals surface area contributed by atoms with Crippen LogP contribution in [0.2, 0.25) is 0 Å². The number of rotatable bonds is 3. The summed E-state index contributed by atoms with van der Waals surface area (Å²) in [4.78, 5) is 28.6. The van der Waals surface area contributed by atoms with E-state index in [1.54, 1.807) is 16.4 Å². The molecule has 1 saturated heterocycles. The van der Waals surface area contributed by atoms with Gasteiger partial charge in [0.1, 0.15) is 17.5 Å². The summed E-state index contributed by atoms with van der Waals surface area (Å²) < 4.78 is 9.41. The summed E-state index contributed by atoms with van der Waals surface area (Å²) >= 11 is 6.74. The molecule has 3 heterocycles. The van der Waals surface area contributed by atoms with E-state index >= 15 is 0 Å². The Morgan fingerprint density at radius 1 is 1.16 bits per heavy atom. The number of para-hydroxylation sites is 1. The monoisotopic (exact) mass is 463 g/mol. The van der Waals surface area contributed by atoms with Gasteiger partial charge < -0.3 is 4.74 Å². The highest BCUT2D eigenvalue weighted by Crippen LogP contribution is 2.37. The average molecular weight is 464 g/mol. The molecule has 0 unspecified atom stereocenters. The molecule has 1 amide bonds. The molecule has 0 saturated carbocycles. The van der Waals surface area contributed by atoms with Crippen molar-refractivity contribution in [3.05, 3.63) is 80.6 Å². The number of hydrogen-bond donors (Lipinski definition) is 0. The van der Waals surface area contributed by atoms with Crippen LogP contribution in [0.15, 0.2) is 58.2 Å². The molecule has 0 aliphatic carbocycles. The molecule has 0 radical (unpaired) electrons. The van der Waals surface area contributed by atoms with Crippen LogP contribution < -0.4 is 15.2 Å². The second-order valence-corrected chi connectivity index (χ2v) is 9.60. The number of carbonyl (C=O) groups excluding carboxylic acids is 1. The zero-order valence-corrected chi connectivity index (χ0v) is 19.5. The smallest absolute Gasteiger partial charge is 0.296 e. The average Bonchev–Trinajstić information content (AvgIpc) is 3.34. The number of amides is 1. The number of benzene rings is 2. The first kappa shape index (κ1) is 20.8. The van der Waals surface area contributed by atoms with E-state index in [0.717, 1.165) is 29.0 Å². The minimum absolute atomic E-state index is 0.159. The van der Waals surface area contributed by atoms with E-state index in [0.29, 0.717) is 20.6 Å². The fourth-order valence-electron chi connectivity index (χ4n) is 4.16. The Labute approximate surface area is 195 Å². The number of hydrogen-bond acceptors (Lipinski definition) is 5. The summed E-state index contributed by atoms with van der Waals surface area (Å²) in [7, 11) is 1.80. The van der Waals surface area contributed by atoms with Crippen LogP contribution in [0.3, 0.4) is 0 Å². The lowest BCUT2D eigenvalue weighted by molar-refractivity contribution is -0.113. The third-order valence-corrected chi connectivity index (χ3v) is 7.06. The van der Waals surface area contributed by atoms with Crippen molar-refractivity contribution in [1.29, 1.82) is 0 Å². The van der Waals surface area contributed by atoms with Gasteiger partial charge in [0.2, 0.25) is 0 Å². The second kappa shape index (κ2) is 7.79. The molecule has 0 spiro atoms. The number of aromatic nitrogens is 2. The lowest BCUT2D eigenvalue weighted by atomic mass is 10.1. The lowest BCUT2D eigenvalue weighted by Crippen LogP contribution is -2.33. The molecule has 32 heavy (non-hydrogen) atoms. The van der Waals surface area contributed by atoms with Gasteiger partial charge in [0.25, 0.3) is 11.5 Å². The van der Waals surface area contributed by atoms with Crippen LogP contribution >= 0.6 is 24.0 Å². The van der Waals surface area contributed by atoms with Crippen molar-refractivity contribution in [3.63, 3.8) is 0 Å². The summed E-state index contributed by atoms with van der Waals surface area (Å²) in [6, 6.07) is 15.2. The van der Waals surface area contributed by atoms with Gasteiger partial charge in [0.15, 0.2) is 4.32 Å². The Morgan fingerprint density at radius 2 is 1.91 bits per heavy atom. The molecule has 1 aromatic heterocycles. The molecule has 2 aliphatic rings. The molecule has 8 heteroatoms. The van der Waals surface area contributed by atoms with Crippen LogP contribution in [0.4, 0.5) is 5.69 Å². The van der Waals surface area contributed by atoms with Crippen molar-refractivity contribution in [2.24, 2.45) is 7.05 Å². The number of ether oxygens (including phenoxy) is 1. The fourth-order valence-corrected chi connectivity index (χ4v) is 5.43. The molecular formula is C24H21N3O3S2. The van der Waals surface area contributed by atoms with Crippen LogP contribution in [0.5, 0.6) is 5.75 Å². The SMILES string of the molecule is Cc1c(N2C(=O)/C(=C/c3ccc4c(c3)C[C@H](C)O4)SC2=S)c(=O)n(-c2ccccc2)n1C. The number of carbonyl (C=O) groups is 1. The van der Waals surface area contributed by atoms with Crippen LogP contribution in [-0.2, 0) is 18.3 Å². The highest BCUT2D eigenvalue weighted by Gasteiger charge is 2.37. The second-order valence-electron chi connectivity index (χ2n) is 7.93. The summed E-state index contributed by atoms with van der Waals surface area (Å²) in [5.41, 5.74) is 3.45. The normalized spacial score (nSPS) is 19.0. The van der Waals surface area contributed by atoms with Gasteiger partial charge in [0.05, 0.1) is 16.3 Å². The lowest BCUT2D eigenvalue weighted by Gasteiger charge is -2.12. The first-order chi connectivity index (χ1) is 15.3. The van der Waals surface area contributed by atoms with Gasteiger partial charge in [0, 0.05) is 13.5 Å². The highest BCUT2D eigenvalue weighted by molar-refractivity contribution is 8.27. The topological polar surface area (TPSA) is 56.5 Å². The molecule has 0 N–H and O–H groups in total. The molecule has 3 aromatic rings. The van der Waals surface area contributed by atoms with Crippen LogP contribution in [0, 0.1) is 6.92 Å². The largest absolute Gasteiger partial charge is 0.490 e. The van der Waals surface area contributed by atoms with Gasteiger partial charge in [-0.25, -0.2) is 4.68 Å². The molecule has 2 aliphatic heterocycles. The van der Waals surface area contributed by atoms with Crippen molar-refractivity contribution < 1.29 is 9.53 Å². The summed E-state index contributed by atoms with van der Waals surface area (Å²) in [5, 5.41) is 0. The van der Waals surface area contributed by atoms with Gasteiger partial charge in [-0.2, -0.15) is 0 Å². The molecule has 6 nitrogen and oxygen atoms in total. The van der Waals surface area contributed by atoms with E-state index in [9.17, 15) is 9.59 Å². The molecule has 0 bridgehead atoms. The standard InChI is InChI=1S/C24H21N3O3S2/c1-14-11-17-12-16(9-10-19(17)30-14)13-20-22(28)26(24(31)32-20)21-15(2)25(3)27(23(21)29)18-7-5-4-6-8-18/h4-10,12-14H,11H2,1-3H3/b20-13-/t14-/m0/s1. The molecule has 1 fully saturated rings. The Bertz CT molecular complexity index is 1350. The Balaban J connectivity index is 1.53. The van der Waals surface area contributed by atoms with Crippen LogP contribution in [0.1, 0.15) is 23.7 Å². The van der Waals surface area contributed by atoms with Crippen molar-refractivity contribution in [1.82, 2.24) is 9.36 Å². The maximum absolute atomic E-state index is 13.4. The van der Waals surface area contributed by atoms with E-state index in [1.807, 2.05) is 68.5 Å². The maximum atomic E-state index is 13.4. The van der Waals surface area contributed by atoms with Crippen molar-refractivity contribution in [3.8, 4) is 11.4 Å². The zero-order valence-electron chi connectivity index (χ0n) is 17.9. The Kier molecular flexibility index (Phi) is 5.06. The van der Waals surface area contributed by atoms with Gasteiger partial charge in [-0.05, 0) is 55.3 Å². The molecule has 162 valence electrons. The highest BCUT2D eigenvalue weighted by atomic mass is 32.2. The van der Waals surface area contributed by atoms with Crippen LogP contribution in [0.25, 0.3) is 11.8 Å². The number of thioether (sulfide) groups is 1. The molecule has 5 rings (SSSR count). The predicted molar refractivity (Wildman–Crippen MR) is 132 cm³/mol. The van der Waals surface area contributed by atoms with Crippen LogP contribution in [-0.4, -0.2) is 25.7 Å². The summed E-state index contributed by atoms with van der Waals surface area (Å²) in [5.74, 6) is 0.611. The Hall–Kier alpha value is -3.10. The summed E-state index contributed by atoms with van der Waals surface area (Å²) in [6.45, 7) is 3.86. The van der Waals surface area contributed by atoms with E-state index in [4.69, 9.17) is 17.0 Å². The van der Waals surface area contributed by atoms with E-state index in [1.165, 1.54) is 16.7 Å². The first-order valence-electron chi connectivity index (χ1n) is 10.3. The van der Waals surface area contributed by atoms with Gasteiger partial charge in [-0.1, -0.05) is 48.2 Å². The third-order valence-electron chi connectivity index (χ3n) is 5.76. The van der Waals surface area contributed by atoms with E-state index in [-0.39, 0.29) is 17.6 Å². The number of thiocarbonyl (C=S) groups is 1. The van der Waals surface area contributed by atoms with Gasteiger partial charge in [-0.15, -0.1) is 0 Å². The minimum atomic E-state index is -0.281. The van der Waals surface area contributed by atoms with Crippen molar-refractivity contribution >= 4 is 46.0 Å². The zero-order chi connectivity index (χ0) is 22.6. The number of anilines is 1. The molecular weight excluding hydrogens is 442 g/mol. The minimum Gasteiger partial charge on any atom is -0.490 e. The fraction of sp³-hybridized carbons (Fsp3) is 0.208. The third kappa shape index (κ3) is 3.30. The van der Waals surface area contributed by atoms with E-state index < -0.39 is 0 Å². The van der Waals surface area contributed by atoms with Crippen molar-refractivity contribution in [2.75, 3.05) is 4.90 Å². The number of nitrogens with zero attached hydrogens (tertiary/aromatic N) is 3.